The van der Waals surface area contributed by atoms with E-state index < -0.39 is 6.04 Å². The average Bonchev–Trinajstić information content (AvgIpc) is 2.42. The molecular formula is C19H29NO3. The monoisotopic (exact) mass is 319 g/mol. The zero-order chi connectivity index (χ0) is 17.7. The van der Waals surface area contributed by atoms with Crippen LogP contribution in [-0.2, 0) is 20.7 Å². The Morgan fingerprint density at radius 1 is 1.09 bits per heavy atom. The highest BCUT2D eigenvalue weighted by Gasteiger charge is 2.29. The van der Waals surface area contributed by atoms with Crippen LogP contribution in [0.15, 0.2) is 12.1 Å². The molecule has 0 spiro atoms. The van der Waals surface area contributed by atoms with Crippen molar-refractivity contribution in [3.8, 4) is 0 Å². The fourth-order valence-corrected chi connectivity index (χ4v) is 3.06. The summed E-state index contributed by atoms with van der Waals surface area (Å²) in [5.74, 6) is -0.400. The van der Waals surface area contributed by atoms with Crippen LogP contribution in [0.3, 0.4) is 0 Å². The van der Waals surface area contributed by atoms with E-state index in [0.717, 1.165) is 16.7 Å². The number of rotatable bonds is 6. The Morgan fingerprint density at radius 3 is 2.04 bits per heavy atom. The molecule has 0 aromatic heterocycles. The molecule has 0 aliphatic carbocycles. The van der Waals surface area contributed by atoms with Gasteiger partial charge in [-0.25, -0.2) is 4.79 Å². The van der Waals surface area contributed by atoms with Crippen LogP contribution < -0.4 is 0 Å². The Balaban J connectivity index is 3.02. The summed E-state index contributed by atoms with van der Waals surface area (Å²) in [7, 11) is 0. The van der Waals surface area contributed by atoms with Gasteiger partial charge in [-0.05, 0) is 65.2 Å². The lowest BCUT2D eigenvalue weighted by Gasteiger charge is -2.32. The van der Waals surface area contributed by atoms with E-state index in [-0.39, 0.29) is 17.9 Å². The normalized spacial score (nSPS) is 12.2. The van der Waals surface area contributed by atoms with Crippen LogP contribution in [0.1, 0.15) is 49.9 Å². The van der Waals surface area contributed by atoms with Crippen molar-refractivity contribution in [1.82, 2.24) is 4.90 Å². The van der Waals surface area contributed by atoms with Crippen LogP contribution in [0.4, 0.5) is 0 Å². The minimum absolute atomic E-state index is 0.0457. The van der Waals surface area contributed by atoms with E-state index >= 15 is 0 Å². The van der Waals surface area contributed by atoms with Gasteiger partial charge in [0.25, 0.3) is 0 Å². The number of carbonyl (C=O) groups is 2. The van der Waals surface area contributed by atoms with E-state index in [4.69, 9.17) is 4.74 Å². The molecule has 0 radical (unpaired) electrons. The third-order valence-electron chi connectivity index (χ3n) is 4.06. The Morgan fingerprint density at radius 2 is 1.61 bits per heavy atom. The molecule has 23 heavy (non-hydrogen) atoms. The number of hydrogen-bond donors (Lipinski definition) is 0. The SMILES string of the molecule is CCOC(=O)[C@H](C)N(C(=O)Cc1c(C)cc(C)cc1C)C(C)C. The average molecular weight is 319 g/mol. The molecule has 128 valence electrons. The van der Waals surface area contributed by atoms with Crippen molar-refractivity contribution in [1.29, 1.82) is 0 Å². The lowest BCUT2D eigenvalue weighted by Crippen LogP contribution is -2.48. The van der Waals surface area contributed by atoms with E-state index in [0.29, 0.717) is 13.0 Å². The van der Waals surface area contributed by atoms with Gasteiger partial charge in [0.2, 0.25) is 5.91 Å². The van der Waals surface area contributed by atoms with Crippen LogP contribution in [0.2, 0.25) is 0 Å². The molecule has 0 bridgehead atoms. The fourth-order valence-electron chi connectivity index (χ4n) is 3.06. The molecule has 1 rings (SSSR count). The number of benzene rings is 1. The lowest BCUT2D eigenvalue weighted by atomic mass is 9.96. The van der Waals surface area contributed by atoms with Gasteiger partial charge in [0, 0.05) is 6.04 Å². The molecule has 0 fully saturated rings. The standard InChI is InChI=1S/C19H29NO3/c1-8-23-19(22)16(7)20(12(2)3)18(21)11-17-14(5)9-13(4)10-15(17)6/h9-10,12,16H,8,11H2,1-7H3/t16-/m0/s1. The third kappa shape index (κ3) is 4.81. The van der Waals surface area contributed by atoms with Crippen LogP contribution in [0.5, 0.6) is 0 Å². The Labute approximate surface area is 139 Å². The summed E-state index contributed by atoms with van der Waals surface area (Å²) in [6.45, 7) is 13.8. The largest absolute Gasteiger partial charge is 0.464 e. The van der Waals surface area contributed by atoms with E-state index in [1.54, 1.807) is 18.7 Å². The van der Waals surface area contributed by atoms with Crippen molar-refractivity contribution in [2.24, 2.45) is 0 Å². The second kappa shape index (κ2) is 8.14. The number of esters is 1. The van der Waals surface area contributed by atoms with E-state index in [1.165, 1.54) is 5.56 Å². The molecule has 1 aromatic rings. The Bertz CT molecular complexity index is 555. The minimum Gasteiger partial charge on any atom is -0.464 e. The highest BCUT2D eigenvalue weighted by Crippen LogP contribution is 2.19. The molecule has 0 aliphatic rings. The minimum atomic E-state index is -0.575. The molecule has 0 N–H and O–H groups in total. The highest BCUT2D eigenvalue weighted by molar-refractivity contribution is 5.86. The number of carbonyl (C=O) groups excluding carboxylic acids is 2. The van der Waals surface area contributed by atoms with Crippen molar-refractivity contribution in [2.45, 2.75) is 67.0 Å². The van der Waals surface area contributed by atoms with Crippen molar-refractivity contribution in [3.05, 3.63) is 34.4 Å². The molecule has 4 nitrogen and oxygen atoms in total. The van der Waals surface area contributed by atoms with E-state index in [9.17, 15) is 9.59 Å². The van der Waals surface area contributed by atoms with Crippen LogP contribution in [0.25, 0.3) is 0 Å². The molecule has 1 aromatic carbocycles. The van der Waals surface area contributed by atoms with Crippen molar-refractivity contribution >= 4 is 11.9 Å². The zero-order valence-electron chi connectivity index (χ0n) is 15.4. The van der Waals surface area contributed by atoms with Gasteiger partial charge in [-0.1, -0.05) is 17.7 Å². The molecule has 0 heterocycles. The number of amides is 1. The van der Waals surface area contributed by atoms with Crippen molar-refractivity contribution in [2.75, 3.05) is 6.61 Å². The quantitative estimate of drug-likeness (QED) is 0.756. The third-order valence-corrected chi connectivity index (χ3v) is 4.06. The second-order valence-electron chi connectivity index (χ2n) is 6.38. The van der Waals surface area contributed by atoms with E-state index in [1.807, 2.05) is 27.7 Å². The van der Waals surface area contributed by atoms with Gasteiger partial charge in [0.1, 0.15) is 6.04 Å². The number of ether oxygens (including phenoxy) is 1. The van der Waals surface area contributed by atoms with Gasteiger partial charge < -0.3 is 9.64 Å². The summed E-state index contributed by atoms with van der Waals surface area (Å²) in [6, 6.07) is 3.54. The maximum Gasteiger partial charge on any atom is 0.328 e. The number of nitrogens with zero attached hydrogens (tertiary/aromatic N) is 1. The molecule has 1 atom stereocenters. The van der Waals surface area contributed by atoms with Crippen LogP contribution in [0, 0.1) is 20.8 Å². The summed E-state index contributed by atoms with van der Waals surface area (Å²) >= 11 is 0. The predicted octanol–water partition coefficient (Wildman–Crippen LogP) is 3.34. The molecule has 0 unspecified atom stereocenters. The molecule has 0 aliphatic heterocycles. The summed E-state index contributed by atoms with van der Waals surface area (Å²) in [6.07, 6.45) is 0.305. The Hall–Kier alpha value is -1.84. The van der Waals surface area contributed by atoms with Gasteiger partial charge in [0.15, 0.2) is 0 Å². The van der Waals surface area contributed by atoms with Gasteiger partial charge in [-0.2, -0.15) is 0 Å². The van der Waals surface area contributed by atoms with Crippen LogP contribution >= 0.6 is 0 Å². The molecule has 0 saturated carbocycles. The first-order valence-corrected chi connectivity index (χ1v) is 8.23. The van der Waals surface area contributed by atoms with Gasteiger partial charge in [-0.15, -0.1) is 0 Å². The summed E-state index contributed by atoms with van der Waals surface area (Å²) in [5.41, 5.74) is 4.46. The summed E-state index contributed by atoms with van der Waals surface area (Å²) in [5, 5.41) is 0. The number of hydrogen-bond acceptors (Lipinski definition) is 3. The topological polar surface area (TPSA) is 46.6 Å². The fraction of sp³-hybridized carbons (Fsp3) is 0.579. The highest BCUT2D eigenvalue weighted by atomic mass is 16.5. The summed E-state index contributed by atoms with van der Waals surface area (Å²) < 4.78 is 5.07. The molecule has 4 heteroatoms. The smallest absolute Gasteiger partial charge is 0.328 e. The first-order chi connectivity index (χ1) is 10.7. The molecule has 1 amide bonds. The summed E-state index contributed by atoms with van der Waals surface area (Å²) in [4.78, 5) is 26.4. The maximum absolute atomic E-state index is 12.8. The van der Waals surface area contributed by atoms with Gasteiger partial charge >= 0.3 is 5.97 Å². The van der Waals surface area contributed by atoms with E-state index in [2.05, 4.69) is 19.1 Å². The maximum atomic E-state index is 12.8. The second-order valence-corrected chi connectivity index (χ2v) is 6.38. The first-order valence-electron chi connectivity index (χ1n) is 8.23. The van der Waals surface area contributed by atoms with Gasteiger partial charge in [0.05, 0.1) is 13.0 Å². The lowest BCUT2D eigenvalue weighted by molar-refractivity contribution is -0.155. The first kappa shape index (κ1) is 19.2. The van der Waals surface area contributed by atoms with Crippen molar-refractivity contribution < 1.29 is 14.3 Å². The number of aryl methyl sites for hydroxylation is 3. The van der Waals surface area contributed by atoms with Crippen molar-refractivity contribution in [3.63, 3.8) is 0 Å². The molecular weight excluding hydrogens is 290 g/mol. The predicted molar refractivity (Wildman–Crippen MR) is 92.4 cm³/mol. The Kier molecular flexibility index (Phi) is 6.79. The van der Waals surface area contributed by atoms with Crippen LogP contribution in [-0.4, -0.2) is 35.5 Å². The molecule has 0 saturated heterocycles. The zero-order valence-corrected chi connectivity index (χ0v) is 15.4. The van der Waals surface area contributed by atoms with Gasteiger partial charge in [-0.3, -0.25) is 4.79 Å².